The van der Waals surface area contributed by atoms with Gasteiger partial charge in [-0.1, -0.05) is 54.6 Å². The monoisotopic (exact) mass is 419 g/mol. The molecule has 3 aromatic rings. The van der Waals surface area contributed by atoms with E-state index < -0.39 is 17.0 Å². The van der Waals surface area contributed by atoms with E-state index in [1.54, 1.807) is 12.1 Å². The Labute approximate surface area is 177 Å². The number of nitrogens with one attached hydrogen (secondary N) is 1. The Morgan fingerprint density at radius 2 is 1.67 bits per heavy atom. The number of carbonyl (C=O) groups excluding carboxylic acids is 1. The van der Waals surface area contributed by atoms with Gasteiger partial charge in [0.2, 0.25) is 0 Å². The summed E-state index contributed by atoms with van der Waals surface area (Å²) in [6, 6.07) is 22.7. The maximum atomic E-state index is 12.2. The number of aldehydes is 1. The van der Waals surface area contributed by atoms with Gasteiger partial charge in [-0.3, -0.25) is 0 Å². The second-order valence-electron chi connectivity index (χ2n) is 6.99. The van der Waals surface area contributed by atoms with Crippen LogP contribution in [-0.4, -0.2) is 22.1 Å². The number of para-hydroxylation sites is 1. The van der Waals surface area contributed by atoms with Gasteiger partial charge in [-0.05, 0) is 29.3 Å². The molecule has 1 heterocycles. The molecule has 30 heavy (non-hydrogen) atoms. The minimum Gasteiger partial charge on any atom is -0.456 e. The Morgan fingerprint density at radius 1 is 1.00 bits per heavy atom. The number of rotatable bonds is 6. The van der Waals surface area contributed by atoms with Gasteiger partial charge in [0, 0.05) is 29.4 Å². The Balaban J connectivity index is 1.87. The molecule has 0 saturated carbocycles. The lowest BCUT2D eigenvalue weighted by Crippen LogP contribution is -2.15. The van der Waals surface area contributed by atoms with Gasteiger partial charge in [0.15, 0.2) is 11.1 Å². The van der Waals surface area contributed by atoms with E-state index in [4.69, 9.17) is 9.29 Å². The van der Waals surface area contributed by atoms with Crippen molar-refractivity contribution in [3.05, 3.63) is 95.1 Å². The average molecular weight is 420 g/mol. The zero-order valence-corrected chi connectivity index (χ0v) is 17.2. The van der Waals surface area contributed by atoms with E-state index >= 15 is 0 Å². The molecular formula is C24H21NO4S. The highest BCUT2D eigenvalue weighted by Crippen LogP contribution is 2.45. The first-order valence-corrected chi connectivity index (χ1v) is 10.8. The molecule has 0 aliphatic carbocycles. The maximum absolute atomic E-state index is 12.2. The summed E-state index contributed by atoms with van der Waals surface area (Å²) in [4.78, 5) is 12.2. The normalized spacial score (nSPS) is 16.4. The van der Waals surface area contributed by atoms with Crippen LogP contribution in [-0.2, 0) is 21.6 Å². The van der Waals surface area contributed by atoms with E-state index in [0.717, 1.165) is 39.8 Å². The third-order valence-corrected chi connectivity index (χ3v) is 5.73. The van der Waals surface area contributed by atoms with Crippen molar-refractivity contribution < 1.29 is 18.3 Å². The summed E-state index contributed by atoms with van der Waals surface area (Å²) < 4.78 is 26.5. The van der Waals surface area contributed by atoms with Crippen molar-refractivity contribution in [1.29, 1.82) is 0 Å². The molecule has 0 saturated heterocycles. The van der Waals surface area contributed by atoms with Crippen molar-refractivity contribution in [2.45, 2.75) is 11.7 Å². The predicted molar refractivity (Wildman–Crippen MR) is 120 cm³/mol. The summed E-state index contributed by atoms with van der Waals surface area (Å²) in [5.41, 5.74) is 5.05. The first-order valence-electron chi connectivity index (χ1n) is 9.52. The lowest BCUT2D eigenvalue weighted by Gasteiger charge is -2.28. The van der Waals surface area contributed by atoms with Crippen LogP contribution in [0.2, 0.25) is 0 Å². The van der Waals surface area contributed by atoms with E-state index in [2.05, 4.69) is 5.32 Å². The van der Waals surface area contributed by atoms with Crippen molar-refractivity contribution in [1.82, 2.24) is 0 Å². The first-order chi connectivity index (χ1) is 14.6. The third-order valence-electron chi connectivity index (χ3n) is 5.15. The fraction of sp³-hybridized carbons (Fsp3) is 0.125. The zero-order valence-electron chi connectivity index (χ0n) is 16.4. The highest BCUT2D eigenvalue weighted by molar-refractivity contribution is 7.78. The van der Waals surface area contributed by atoms with Crippen molar-refractivity contribution in [3.8, 4) is 5.75 Å². The summed E-state index contributed by atoms with van der Waals surface area (Å²) >= 11 is -1.90. The smallest absolute Gasteiger partial charge is 0.157 e. The van der Waals surface area contributed by atoms with Gasteiger partial charge in [0.05, 0.1) is 11.7 Å². The van der Waals surface area contributed by atoms with Crippen LogP contribution in [0.1, 0.15) is 28.2 Å². The highest BCUT2D eigenvalue weighted by Gasteiger charge is 2.31. The van der Waals surface area contributed by atoms with Crippen molar-refractivity contribution >= 4 is 34.4 Å². The molecule has 2 unspecified atom stereocenters. The molecule has 0 spiro atoms. The van der Waals surface area contributed by atoms with Crippen LogP contribution in [0.15, 0.2) is 72.8 Å². The largest absolute Gasteiger partial charge is 0.456 e. The van der Waals surface area contributed by atoms with E-state index in [-0.39, 0.29) is 5.75 Å². The van der Waals surface area contributed by atoms with E-state index in [1.165, 1.54) is 0 Å². The molecule has 3 aromatic carbocycles. The zero-order chi connectivity index (χ0) is 21.1. The standard InChI is InChI=1S/C24H21NO4S/c1-25-19-12-10-17(11-13-19)23-21(14-26)20-4-2-3-5-22(20)29-24(23)18-8-6-16(7-9-18)15-30(27)28/h2-14,21,25H,15H2,1H3,(H,27,28). The minimum atomic E-state index is -1.90. The van der Waals surface area contributed by atoms with Crippen molar-refractivity contribution in [2.75, 3.05) is 12.4 Å². The number of allylic oxidation sites excluding steroid dienone is 1. The molecule has 2 atom stereocenters. The second kappa shape index (κ2) is 8.65. The summed E-state index contributed by atoms with van der Waals surface area (Å²) in [6.45, 7) is 0. The van der Waals surface area contributed by atoms with Gasteiger partial charge in [0.1, 0.15) is 17.8 Å². The molecule has 0 radical (unpaired) electrons. The number of hydrogen-bond donors (Lipinski definition) is 2. The van der Waals surface area contributed by atoms with E-state index in [1.807, 2.05) is 67.7 Å². The Morgan fingerprint density at radius 3 is 2.30 bits per heavy atom. The predicted octanol–water partition coefficient (Wildman–Crippen LogP) is 4.69. The fourth-order valence-corrected chi connectivity index (χ4v) is 4.15. The maximum Gasteiger partial charge on any atom is 0.157 e. The highest BCUT2D eigenvalue weighted by atomic mass is 32.2. The van der Waals surface area contributed by atoms with E-state index in [0.29, 0.717) is 11.5 Å². The first kappa shape index (κ1) is 20.1. The minimum absolute atomic E-state index is 0.0678. The van der Waals surface area contributed by atoms with Gasteiger partial charge in [-0.25, -0.2) is 4.21 Å². The second-order valence-corrected chi connectivity index (χ2v) is 7.92. The van der Waals surface area contributed by atoms with Crippen LogP contribution >= 0.6 is 0 Å². The number of hydrogen-bond acceptors (Lipinski definition) is 4. The Hall–Kier alpha value is -3.22. The van der Waals surface area contributed by atoms with Gasteiger partial charge in [0.25, 0.3) is 0 Å². The molecule has 152 valence electrons. The molecule has 1 aliphatic rings. The van der Waals surface area contributed by atoms with Crippen LogP contribution in [0.4, 0.5) is 5.69 Å². The fourth-order valence-electron chi connectivity index (χ4n) is 3.67. The molecule has 5 nitrogen and oxygen atoms in total. The van der Waals surface area contributed by atoms with Gasteiger partial charge in [-0.2, -0.15) is 0 Å². The quantitative estimate of drug-likeness (QED) is 0.448. The van der Waals surface area contributed by atoms with E-state index in [9.17, 15) is 9.00 Å². The molecule has 0 fully saturated rings. The Bertz CT molecular complexity index is 1120. The summed E-state index contributed by atoms with van der Waals surface area (Å²) in [7, 11) is 1.86. The summed E-state index contributed by atoms with van der Waals surface area (Å²) in [5, 5.41) is 3.10. The van der Waals surface area contributed by atoms with Crippen LogP contribution in [0.5, 0.6) is 5.75 Å². The van der Waals surface area contributed by atoms with Crippen LogP contribution in [0.3, 0.4) is 0 Å². The summed E-state index contributed by atoms with van der Waals surface area (Å²) in [5.74, 6) is 0.869. The molecular weight excluding hydrogens is 398 g/mol. The molecule has 1 aliphatic heterocycles. The summed E-state index contributed by atoms with van der Waals surface area (Å²) in [6.07, 6.45) is 0.950. The molecule has 0 bridgehead atoms. The molecule has 2 N–H and O–H groups in total. The molecule has 4 rings (SSSR count). The van der Waals surface area contributed by atoms with Gasteiger partial charge in [-0.15, -0.1) is 0 Å². The third kappa shape index (κ3) is 3.92. The number of anilines is 1. The van der Waals surface area contributed by atoms with Crippen LogP contribution < -0.4 is 10.1 Å². The SMILES string of the molecule is CNc1ccc(C2=C(c3ccc(CS(=O)O)cc3)Oc3ccccc3C2C=O)cc1. The number of carbonyl (C=O) groups is 1. The van der Waals surface area contributed by atoms with Crippen LogP contribution in [0, 0.1) is 0 Å². The number of benzene rings is 3. The van der Waals surface area contributed by atoms with Crippen molar-refractivity contribution in [3.63, 3.8) is 0 Å². The molecule has 6 heteroatoms. The topological polar surface area (TPSA) is 75.6 Å². The lowest BCUT2D eigenvalue weighted by atomic mass is 9.83. The van der Waals surface area contributed by atoms with Gasteiger partial charge >= 0.3 is 0 Å². The molecule has 0 amide bonds. The van der Waals surface area contributed by atoms with Crippen LogP contribution in [0.25, 0.3) is 11.3 Å². The number of ether oxygens (including phenoxy) is 1. The average Bonchev–Trinajstić information content (AvgIpc) is 2.78. The lowest BCUT2D eigenvalue weighted by molar-refractivity contribution is -0.108. The van der Waals surface area contributed by atoms with Gasteiger partial charge < -0.3 is 19.4 Å². The molecule has 0 aromatic heterocycles. The number of fused-ring (bicyclic) bond motifs is 1. The Kier molecular flexibility index (Phi) is 5.79. The van der Waals surface area contributed by atoms with Crippen molar-refractivity contribution in [2.24, 2.45) is 0 Å².